The molecule has 64 valence electrons. The van der Waals surface area contributed by atoms with Crippen molar-refractivity contribution in [2.75, 3.05) is 13.3 Å². The average molecular weight is 166 g/mol. The first-order chi connectivity index (χ1) is 5.20. The zero-order chi connectivity index (χ0) is 8.69. The second-order valence-electron chi connectivity index (χ2n) is 1.72. The molecule has 0 N–H and O–H groups in total. The van der Waals surface area contributed by atoms with Gasteiger partial charge >= 0.3 is 11.9 Å². The molecule has 0 rings (SSSR count). The van der Waals surface area contributed by atoms with E-state index in [1.165, 1.54) is 0 Å². The molecule has 0 amide bonds. The fourth-order valence-corrected chi connectivity index (χ4v) is 0.383. The van der Waals surface area contributed by atoms with Crippen molar-refractivity contribution in [2.45, 2.75) is 12.8 Å². The first-order valence-corrected chi connectivity index (χ1v) is 3.06. The van der Waals surface area contributed by atoms with E-state index in [1.54, 1.807) is 0 Å². The summed E-state index contributed by atoms with van der Waals surface area (Å²) < 4.78 is 26.8. The van der Waals surface area contributed by atoms with Gasteiger partial charge in [-0.2, -0.15) is 0 Å². The van der Waals surface area contributed by atoms with Gasteiger partial charge in [-0.1, -0.05) is 0 Å². The number of hydrogen-bond acceptors (Lipinski definition) is 3. The summed E-state index contributed by atoms with van der Waals surface area (Å²) in [6, 6.07) is 0. The molecule has 3 nitrogen and oxygen atoms in total. The Balaban J connectivity index is 3.49. The standard InChI is InChI=1S/C6H8F2O3/c7-3-1-5(9)11-6(10)2-4-8/h1-4H2. The molecule has 0 aromatic heterocycles. The van der Waals surface area contributed by atoms with E-state index in [2.05, 4.69) is 4.74 Å². The largest absolute Gasteiger partial charge is 0.393 e. The Morgan fingerprint density at radius 3 is 1.64 bits per heavy atom. The Hall–Kier alpha value is -1.00. The van der Waals surface area contributed by atoms with E-state index in [0.717, 1.165) is 0 Å². The average Bonchev–Trinajstić information content (AvgIpc) is 1.87. The van der Waals surface area contributed by atoms with Gasteiger partial charge in [-0.05, 0) is 0 Å². The van der Waals surface area contributed by atoms with Crippen molar-refractivity contribution in [3.8, 4) is 0 Å². The molecule has 0 saturated carbocycles. The second kappa shape index (κ2) is 5.76. The molecular weight excluding hydrogens is 158 g/mol. The second-order valence-corrected chi connectivity index (χ2v) is 1.72. The highest BCUT2D eigenvalue weighted by atomic mass is 19.1. The van der Waals surface area contributed by atoms with Gasteiger partial charge in [0.1, 0.15) is 0 Å². The van der Waals surface area contributed by atoms with Gasteiger partial charge in [-0.15, -0.1) is 0 Å². The third-order valence-electron chi connectivity index (χ3n) is 0.825. The lowest BCUT2D eigenvalue weighted by molar-refractivity contribution is -0.159. The molecule has 0 atom stereocenters. The highest BCUT2D eigenvalue weighted by Crippen LogP contribution is 1.92. The van der Waals surface area contributed by atoms with Crippen LogP contribution in [0.2, 0.25) is 0 Å². The minimum atomic E-state index is -0.953. The van der Waals surface area contributed by atoms with Crippen LogP contribution in [0.3, 0.4) is 0 Å². The number of ether oxygens (including phenoxy) is 1. The van der Waals surface area contributed by atoms with Crippen LogP contribution in [0.4, 0.5) is 8.78 Å². The molecule has 0 fully saturated rings. The lowest BCUT2D eigenvalue weighted by Gasteiger charge is -1.97. The molecule has 11 heavy (non-hydrogen) atoms. The molecule has 0 bridgehead atoms. The third kappa shape index (κ3) is 5.44. The summed E-state index contributed by atoms with van der Waals surface area (Å²) >= 11 is 0. The van der Waals surface area contributed by atoms with Crippen LogP contribution in [0.1, 0.15) is 12.8 Å². The van der Waals surface area contributed by atoms with Crippen molar-refractivity contribution in [2.24, 2.45) is 0 Å². The number of carbonyl (C=O) groups is 2. The van der Waals surface area contributed by atoms with Gasteiger partial charge in [0.15, 0.2) is 0 Å². The summed E-state index contributed by atoms with van der Waals surface area (Å²) in [5, 5.41) is 0. The number of hydrogen-bond donors (Lipinski definition) is 0. The highest BCUT2D eigenvalue weighted by Gasteiger charge is 2.08. The fourth-order valence-electron chi connectivity index (χ4n) is 0.383. The fraction of sp³-hybridized carbons (Fsp3) is 0.667. The van der Waals surface area contributed by atoms with E-state index in [9.17, 15) is 18.4 Å². The maximum Gasteiger partial charge on any atom is 0.316 e. The summed E-state index contributed by atoms with van der Waals surface area (Å²) in [7, 11) is 0. The Morgan fingerprint density at radius 2 is 1.36 bits per heavy atom. The third-order valence-corrected chi connectivity index (χ3v) is 0.825. The normalized spacial score (nSPS) is 9.27. The quantitative estimate of drug-likeness (QED) is 0.457. The van der Waals surface area contributed by atoms with Gasteiger partial charge in [0.25, 0.3) is 0 Å². The molecule has 5 heteroatoms. The van der Waals surface area contributed by atoms with E-state index >= 15 is 0 Å². The number of esters is 2. The molecular formula is C6H8F2O3. The van der Waals surface area contributed by atoms with Crippen LogP contribution in [0, 0.1) is 0 Å². The predicted octanol–water partition coefficient (Wildman–Crippen LogP) is 0.775. The van der Waals surface area contributed by atoms with Crippen LogP contribution in [-0.4, -0.2) is 25.3 Å². The molecule has 0 aliphatic rings. The van der Waals surface area contributed by atoms with Crippen molar-refractivity contribution in [3.05, 3.63) is 0 Å². The van der Waals surface area contributed by atoms with Gasteiger partial charge in [0, 0.05) is 0 Å². The number of alkyl halides is 2. The van der Waals surface area contributed by atoms with Gasteiger partial charge in [0.2, 0.25) is 0 Å². The smallest absolute Gasteiger partial charge is 0.316 e. The lowest BCUT2D eigenvalue weighted by Crippen LogP contribution is -2.12. The van der Waals surface area contributed by atoms with Crippen molar-refractivity contribution in [3.63, 3.8) is 0 Å². The summed E-state index contributed by atoms with van der Waals surface area (Å²) in [6.45, 7) is -1.75. The summed E-state index contributed by atoms with van der Waals surface area (Å²) in [5.74, 6) is -1.91. The molecule has 0 aliphatic carbocycles. The van der Waals surface area contributed by atoms with Gasteiger partial charge in [-0.3, -0.25) is 18.4 Å². The Labute approximate surface area is 62.3 Å². The van der Waals surface area contributed by atoms with Crippen LogP contribution < -0.4 is 0 Å². The van der Waals surface area contributed by atoms with Crippen molar-refractivity contribution in [1.29, 1.82) is 0 Å². The number of halogens is 2. The van der Waals surface area contributed by atoms with Gasteiger partial charge in [0.05, 0.1) is 26.2 Å². The highest BCUT2D eigenvalue weighted by molar-refractivity contribution is 5.85. The summed E-state index contributed by atoms with van der Waals surface area (Å²) in [4.78, 5) is 20.6. The Kier molecular flexibility index (Phi) is 5.24. The maximum absolute atomic E-state index is 11.4. The van der Waals surface area contributed by atoms with E-state index < -0.39 is 38.1 Å². The first kappa shape index (κ1) is 10.0. The Morgan fingerprint density at radius 1 is 1.00 bits per heavy atom. The van der Waals surface area contributed by atoms with E-state index in [-0.39, 0.29) is 0 Å². The zero-order valence-electron chi connectivity index (χ0n) is 5.81. The molecule has 0 radical (unpaired) electrons. The maximum atomic E-state index is 11.4. The molecule has 0 aliphatic heterocycles. The van der Waals surface area contributed by atoms with Crippen LogP contribution in [0.15, 0.2) is 0 Å². The first-order valence-electron chi connectivity index (χ1n) is 3.06. The van der Waals surface area contributed by atoms with Gasteiger partial charge in [-0.25, -0.2) is 0 Å². The zero-order valence-corrected chi connectivity index (χ0v) is 5.81. The molecule has 0 aromatic rings. The molecule has 0 saturated heterocycles. The SMILES string of the molecule is O=C(CCF)OC(=O)CCF. The summed E-state index contributed by atoms with van der Waals surface area (Å²) in [6.07, 6.45) is -0.921. The molecule has 0 aromatic carbocycles. The van der Waals surface area contributed by atoms with Crippen LogP contribution in [0.25, 0.3) is 0 Å². The van der Waals surface area contributed by atoms with Crippen LogP contribution in [-0.2, 0) is 14.3 Å². The van der Waals surface area contributed by atoms with Crippen molar-refractivity contribution < 1.29 is 23.1 Å². The minimum absolute atomic E-state index is 0.460. The van der Waals surface area contributed by atoms with Crippen LogP contribution in [0.5, 0.6) is 0 Å². The molecule has 0 unspecified atom stereocenters. The Bertz CT molecular complexity index is 131. The summed E-state index contributed by atoms with van der Waals surface area (Å²) in [5.41, 5.74) is 0. The predicted molar refractivity (Wildman–Crippen MR) is 32.3 cm³/mol. The minimum Gasteiger partial charge on any atom is -0.393 e. The number of carbonyl (C=O) groups excluding carboxylic acids is 2. The molecule has 0 spiro atoms. The van der Waals surface area contributed by atoms with E-state index in [0.29, 0.717) is 0 Å². The van der Waals surface area contributed by atoms with Crippen LogP contribution >= 0.6 is 0 Å². The van der Waals surface area contributed by atoms with Gasteiger partial charge < -0.3 is 4.74 Å². The topological polar surface area (TPSA) is 43.4 Å². The van der Waals surface area contributed by atoms with Crippen molar-refractivity contribution in [1.82, 2.24) is 0 Å². The van der Waals surface area contributed by atoms with E-state index in [4.69, 9.17) is 0 Å². The monoisotopic (exact) mass is 166 g/mol. The van der Waals surface area contributed by atoms with Crippen molar-refractivity contribution >= 4 is 11.9 Å². The lowest BCUT2D eigenvalue weighted by atomic mass is 10.4. The molecule has 0 heterocycles. The number of rotatable bonds is 4. The van der Waals surface area contributed by atoms with E-state index in [1.807, 2.05) is 0 Å².